The molecule has 0 aliphatic carbocycles. The predicted octanol–water partition coefficient (Wildman–Crippen LogP) is 6.20. The van der Waals surface area contributed by atoms with Gasteiger partial charge in [0.05, 0.1) is 11.2 Å². The summed E-state index contributed by atoms with van der Waals surface area (Å²) in [6.45, 7) is 8.54. The average Bonchev–Trinajstić information content (AvgIpc) is 2.87. The average molecular weight is 364 g/mol. The highest BCUT2D eigenvalue weighted by Gasteiger charge is 2.53. The molecular weight excluding hydrogens is 331 g/mol. The molecule has 0 unspecified atom stereocenters. The van der Waals surface area contributed by atoms with Gasteiger partial charge in [0.15, 0.2) is 0 Å². The zero-order valence-corrected chi connectivity index (χ0v) is 17.3. The molecule has 1 saturated heterocycles. The summed E-state index contributed by atoms with van der Waals surface area (Å²) in [5.41, 5.74) is 2.19. The summed E-state index contributed by atoms with van der Waals surface area (Å²) in [4.78, 5) is 0. The molecule has 0 saturated carbocycles. The molecule has 0 spiro atoms. The van der Waals surface area contributed by atoms with Crippen molar-refractivity contribution in [1.82, 2.24) is 0 Å². The van der Waals surface area contributed by atoms with Gasteiger partial charge < -0.3 is 9.31 Å². The monoisotopic (exact) mass is 364 g/mol. The Morgan fingerprint density at radius 3 is 1.89 bits per heavy atom. The van der Waals surface area contributed by atoms with Crippen LogP contribution in [0.1, 0.15) is 70.3 Å². The lowest BCUT2D eigenvalue weighted by Gasteiger charge is -2.32. The molecule has 0 bridgehead atoms. The van der Waals surface area contributed by atoms with Gasteiger partial charge in [-0.1, -0.05) is 73.5 Å². The van der Waals surface area contributed by atoms with Crippen LogP contribution in [0.4, 0.5) is 0 Å². The molecule has 1 aliphatic rings. The Hall–Kier alpha value is -1.58. The van der Waals surface area contributed by atoms with Crippen LogP contribution in [0.15, 0.2) is 60.7 Å². The van der Waals surface area contributed by atoms with Gasteiger partial charge in [-0.05, 0) is 58.1 Å². The van der Waals surface area contributed by atoms with Crippen molar-refractivity contribution >= 4 is 7.12 Å². The van der Waals surface area contributed by atoms with Gasteiger partial charge in [0.1, 0.15) is 0 Å². The largest absolute Gasteiger partial charge is 0.465 e. The molecule has 0 aromatic heterocycles. The molecule has 1 fully saturated rings. The van der Waals surface area contributed by atoms with Crippen LogP contribution >= 0.6 is 0 Å². The van der Waals surface area contributed by atoms with E-state index in [0.717, 1.165) is 12.8 Å². The molecule has 0 amide bonds. The molecular formula is C24H33BO2. The fourth-order valence-corrected chi connectivity index (χ4v) is 3.73. The maximum absolute atomic E-state index is 6.38. The number of benzene rings is 2. The number of unbranched alkanes of at least 4 members (excludes halogenated alkanes) is 2. The van der Waals surface area contributed by atoms with E-state index >= 15 is 0 Å². The Bertz CT molecular complexity index is 681. The molecule has 1 heterocycles. The Balaban J connectivity index is 1.58. The first kappa shape index (κ1) is 20.2. The van der Waals surface area contributed by atoms with Crippen molar-refractivity contribution < 1.29 is 9.31 Å². The molecule has 1 atom stereocenters. The molecule has 3 heteroatoms. The molecule has 3 rings (SSSR count). The fraction of sp³-hybridized carbons (Fsp3) is 0.500. The second kappa shape index (κ2) is 8.62. The number of hydrogen-bond acceptors (Lipinski definition) is 2. The Morgan fingerprint density at radius 2 is 1.30 bits per heavy atom. The number of rotatable bonds is 8. The van der Waals surface area contributed by atoms with Crippen LogP contribution in [0.3, 0.4) is 0 Å². The minimum absolute atomic E-state index is 0.175. The van der Waals surface area contributed by atoms with Crippen LogP contribution in [0.5, 0.6) is 0 Å². The lowest BCUT2D eigenvalue weighted by molar-refractivity contribution is 0.00578. The van der Waals surface area contributed by atoms with Gasteiger partial charge >= 0.3 is 7.12 Å². The Morgan fingerprint density at radius 1 is 0.741 bits per heavy atom. The molecule has 2 aromatic rings. The minimum Gasteiger partial charge on any atom is -0.403 e. The molecule has 144 valence electrons. The van der Waals surface area contributed by atoms with Crippen molar-refractivity contribution in [1.29, 1.82) is 0 Å². The highest BCUT2D eigenvalue weighted by atomic mass is 16.7. The quantitative estimate of drug-likeness (QED) is 0.410. The summed E-state index contributed by atoms with van der Waals surface area (Å²) in [5, 5.41) is 0. The molecule has 2 nitrogen and oxygen atoms in total. The van der Waals surface area contributed by atoms with Crippen LogP contribution in [-0.4, -0.2) is 18.3 Å². The van der Waals surface area contributed by atoms with E-state index in [1.54, 1.807) is 0 Å². The van der Waals surface area contributed by atoms with Crippen molar-refractivity contribution in [2.75, 3.05) is 0 Å². The van der Waals surface area contributed by atoms with Gasteiger partial charge in [0, 0.05) is 5.82 Å². The topological polar surface area (TPSA) is 18.5 Å². The minimum atomic E-state index is -0.280. The smallest absolute Gasteiger partial charge is 0.403 e. The second-order valence-corrected chi connectivity index (χ2v) is 8.73. The van der Waals surface area contributed by atoms with E-state index in [1.165, 1.54) is 30.4 Å². The van der Waals surface area contributed by atoms with Crippen molar-refractivity contribution in [3.8, 4) is 0 Å². The maximum atomic E-state index is 6.38. The highest BCUT2D eigenvalue weighted by molar-refractivity contribution is 6.47. The summed E-state index contributed by atoms with van der Waals surface area (Å²) in [5.74, 6) is 0.281. The van der Waals surface area contributed by atoms with Gasteiger partial charge in [0.2, 0.25) is 0 Å². The van der Waals surface area contributed by atoms with E-state index in [-0.39, 0.29) is 24.1 Å². The summed E-state index contributed by atoms with van der Waals surface area (Å²) in [6.07, 6.45) is 5.91. The van der Waals surface area contributed by atoms with Crippen molar-refractivity contribution in [3.05, 3.63) is 71.8 Å². The SMILES string of the molecule is CC1(C)OB([C@@H](CCCCCc2ccccc2)c2ccccc2)OC1(C)C. The zero-order chi connectivity index (χ0) is 19.3. The predicted molar refractivity (Wildman–Crippen MR) is 114 cm³/mol. The van der Waals surface area contributed by atoms with E-state index in [2.05, 4.69) is 88.4 Å². The van der Waals surface area contributed by atoms with Crippen molar-refractivity contribution in [2.24, 2.45) is 0 Å². The Labute approximate surface area is 165 Å². The first-order chi connectivity index (χ1) is 12.9. The summed E-state index contributed by atoms with van der Waals surface area (Å²) < 4.78 is 12.8. The van der Waals surface area contributed by atoms with Gasteiger partial charge in [-0.2, -0.15) is 0 Å². The molecule has 0 N–H and O–H groups in total. The summed E-state index contributed by atoms with van der Waals surface area (Å²) in [7, 11) is -0.175. The van der Waals surface area contributed by atoms with Crippen LogP contribution in [0.25, 0.3) is 0 Å². The van der Waals surface area contributed by atoms with Crippen LogP contribution < -0.4 is 0 Å². The van der Waals surface area contributed by atoms with Gasteiger partial charge in [-0.25, -0.2) is 0 Å². The third-order valence-electron chi connectivity index (χ3n) is 6.15. The third-order valence-corrected chi connectivity index (χ3v) is 6.15. The molecule has 2 aromatic carbocycles. The second-order valence-electron chi connectivity index (χ2n) is 8.73. The first-order valence-corrected chi connectivity index (χ1v) is 10.3. The van der Waals surface area contributed by atoms with Crippen LogP contribution in [-0.2, 0) is 15.7 Å². The lowest BCUT2D eigenvalue weighted by atomic mass is 9.65. The van der Waals surface area contributed by atoms with Crippen molar-refractivity contribution in [3.63, 3.8) is 0 Å². The van der Waals surface area contributed by atoms with E-state index in [4.69, 9.17) is 9.31 Å². The summed E-state index contributed by atoms with van der Waals surface area (Å²) in [6, 6.07) is 21.5. The zero-order valence-electron chi connectivity index (χ0n) is 17.3. The molecule has 0 radical (unpaired) electrons. The van der Waals surface area contributed by atoms with E-state index in [9.17, 15) is 0 Å². The van der Waals surface area contributed by atoms with E-state index < -0.39 is 0 Å². The van der Waals surface area contributed by atoms with Gasteiger partial charge in [-0.15, -0.1) is 0 Å². The van der Waals surface area contributed by atoms with Crippen molar-refractivity contribution in [2.45, 2.75) is 76.8 Å². The highest BCUT2D eigenvalue weighted by Crippen LogP contribution is 2.42. The van der Waals surface area contributed by atoms with Crippen LogP contribution in [0, 0.1) is 0 Å². The first-order valence-electron chi connectivity index (χ1n) is 10.3. The van der Waals surface area contributed by atoms with E-state index in [1.807, 2.05) is 0 Å². The van der Waals surface area contributed by atoms with Crippen LogP contribution in [0.2, 0.25) is 0 Å². The summed E-state index contributed by atoms with van der Waals surface area (Å²) >= 11 is 0. The standard InChI is InChI=1S/C24H33BO2/c1-23(2)24(3,4)27-25(26-23)22(21-17-11-7-12-18-21)19-13-6-10-16-20-14-8-5-9-15-20/h5,7-9,11-12,14-15,17-18,22H,6,10,13,16,19H2,1-4H3/t22-/m0/s1. The number of hydrogen-bond donors (Lipinski definition) is 0. The van der Waals surface area contributed by atoms with Gasteiger partial charge in [0.25, 0.3) is 0 Å². The molecule has 1 aliphatic heterocycles. The number of aryl methyl sites for hydroxylation is 1. The fourth-order valence-electron chi connectivity index (χ4n) is 3.73. The van der Waals surface area contributed by atoms with Gasteiger partial charge in [-0.3, -0.25) is 0 Å². The Kier molecular flexibility index (Phi) is 6.44. The normalized spacial score (nSPS) is 19.2. The third kappa shape index (κ3) is 5.03. The molecule has 27 heavy (non-hydrogen) atoms. The maximum Gasteiger partial charge on any atom is 0.465 e. The lowest BCUT2D eigenvalue weighted by Crippen LogP contribution is -2.41. The van der Waals surface area contributed by atoms with E-state index in [0.29, 0.717) is 0 Å².